The molecule has 0 saturated heterocycles. The van der Waals surface area contributed by atoms with E-state index in [1.165, 1.54) is 0 Å². The van der Waals surface area contributed by atoms with E-state index in [9.17, 15) is 0 Å². The molecule has 2 aromatic heterocycles. The van der Waals surface area contributed by atoms with Gasteiger partial charge in [-0.2, -0.15) is 4.98 Å². The number of thioether (sulfide) groups is 1. The molecule has 3 aromatic rings. The third kappa shape index (κ3) is 3.82. The summed E-state index contributed by atoms with van der Waals surface area (Å²) in [6, 6.07) is 7.88. The molecule has 0 radical (unpaired) electrons. The van der Waals surface area contributed by atoms with E-state index in [1.54, 1.807) is 11.8 Å². The molecule has 2 saturated carbocycles. The zero-order valence-electron chi connectivity index (χ0n) is 14.5. The normalized spacial score (nSPS) is 16.6. The molecule has 0 spiro atoms. The molecule has 2 fully saturated rings. The Morgan fingerprint density at radius 1 is 1.19 bits per heavy atom. The first kappa shape index (κ1) is 17.1. The van der Waals surface area contributed by atoms with Crippen LogP contribution in [0.1, 0.15) is 55.2 Å². The molecular weight excluding hydrogens is 386 g/mol. The maximum Gasteiger partial charge on any atom is 0.229 e. The lowest BCUT2D eigenvalue weighted by atomic mass is 10.3. The van der Waals surface area contributed by atoms with Crippen molar-refractivity contribution in [3.8, 4) is 5.75 Å². The fraction of sp³-hybridized carbons (Fsp3) is 0.444. The largest absolute Gasteiger partial charge is 0.484 e. The second kappa shape index (κ2) is 7.16. The van der Waals surface area contributed by atoms with E-state index in [0.29, 0.717) is 40.9 Å². The smallest absolute Gasteiger partial charge is 0.229 e. The standard InChI is InChI=1S/C18H18ClN5O2S/c19-13-3-1-2-4-14(13)25-9-16-21-22-18(24(16)12-7-8-12)27-10-15-20-17(26-23-15)11-5-6-11/h1-4,11-12H,5-10H2. The molecule has 1 aromatic carbocycles. The zero-order chi connectivity index (χ0) is 18.2. The van der Waals surface area contributed by atoms with E-state index in [-0.39, 0.29) is 0 Å². The van der Waals surface area contributed by atoms with Crippen LogP contribution in [0.25, 0.3) is 0 Å². The van der Waals surface area contributed by atoms with Crippen LogP contribution in [-0.2, 0) is 12.4 Å². The summed E-state index contributed by atoms with van der Waals surface area (Å²) in [4.78, 5) is 4.47. The molecule has 2 aliphatic carbocycles. The predicted octanol–water partition coefficient (Wildman–Crippen LogP) is 4.40. The number of hydrogen-bond donors (Lipinski definition) is 0. The van der Waals surface area contributed by atoms with Gasteiger partial charge in [0, 0.05) is 12.0 Å². The van der Waals surface area contributed by atoms with Crippen LogP contribution in [0.5, 0.6) is 5.75 Å². The molecule has 5 rings (SSSR count). The van der Waals surface area contributed by atoms with E-state index in [2.05, 4.69) is 24.9 Å². The Kier molecular flexibility index (Phi) is 4.53. The van der Waals surface area contributed by atoms with Gasteiger partial charge in [-0.3, -0.25) is 4.57 Å². The summed E-state index contributed by atoms with van der Waals surface area (Å²) in [7, 11) is 0. The van der Waals surface area contributed by atoms with Crippen molar-refractivity contribution in [3.63, 3.8) is 0 Å². The molecular formula is C18H18ClN5O2S. The Labute approximate surface area is 165 Å². The van der Waals surface area contributed by atoms with Crippen molar-refractivity contribution in [1.29, 1.82) is 0 Å². The highest BCUT2D eigenvalue weighted by molar-refractivity contribution is 7.98. The Bertz CT molecular complexity index is 951. The van der Waals surface area contributed by atoms with Gasteiger partial charge in [0.2, 0.25) is 5.89 Å². The number of aromatic nitrogens is 5. The fourth-order valence-electron chi connectivity index (χ4n) is 2.86. The topological polar surface area (TPSA) is 78.9 Å². The van der Waals surface area contributed by atoms with Crippen molar-refractivity contribution < 1.29 is 9.26 Å². The second-order valence-electron chi connectivity index (χ2n) is 6.83. The quantitative estimate of drug-likeness (QED) is 0.516. The minimum atomic E-state index is 0.335. The van der Waals surface area contributed by atoms with Crippen LogP contribution in [0.4, 0.5) is 0 Å². The average molecular weight is 404 g/mol. The predicted molar refractivity (Wildman–Crippen MR) is 99.9 cm³/mol. The Morgan fingerprint density at radius 3 is 2.81 bits per heavy atom. The first-order chi connectivity index (χ1) is 13.3. The highest BCUT2D eigenvalue weighted by atomic mass is 35.5. The number of rotatable bonds is 8. The maximum absolute atomic E-state index is 6.16. The summed E-state index contributed by atoms with van der Waals surface area (Å²) in [6.45, 7) is 0.335. The highest BCUT2D eigenvalue weighted by Gasteiger charge is 2.31. The van der Waals surface area contributed by atoms with Gasteiger partial charge in [-0.05, 0) is 37.8 Å². The number of nitrogens with zero attached hydrogens (tertiary/aromatic N) is 5. The number of halogens is 1. The summed E-state index contributed by atoms with van der Waals surface area (Å²) in [5.74, 6) is 4.03. The molecule has 7 nitrogen and oxygen atoms in total. The third-order valence-corrected chi connectivity index (χ3v) is 5.83. The van der Waals surface area contributed by atoms with Gasteiger partial charge in [0.15, 0.2) is 16.8 Å². The summed E-state index contributed by atoms with van der Waals surface area (Å²) < 4.78 is 13.3. The Balaban J connectivity index is 1.27. The van der Waals surface area contributed by atoms with Gasteiger partial charge in [0.05, 0.1) is 10.8 Å². The zero-order valence-corrected chi connectivity index (χ0v) is 16.1. The van der Waals surface area contributed by atoms with Gasteiger partial charge in [-0.1, -0.05) is 40.7 Å². The third-order valence-electron chi connectivity index (χ3n) is 4.58. The molecule has 0 bridgehead atoms. The molecule has 140 valence electrons. The molecule has 0 unspecified atom stereocenters. The lowest BCUT2D eigenvalue weighted by molar-refractivity contribution is 0.288. The molecule has 0 N–H and O–H groups in total. The summed E-state index contributed by atoms with van der Waals surface area (Å²) in [5, 5.41) is 14.2. The van der Waals surface area contributed by atoms with Gasteiger partial charge < -0.3 is 9.26 Å². The van der Waals surface area contributed by atoms with Gasteiger partial charge in [0.25, 0.3) is 0 Å². The van der Waals surface area contributed by atoms with Crippen molar-refractivity contribution in [2.45, 2.75) is 55.2 Å². The van der Waals surface area contributed by atoms with Crippen molar-refractivity contribution in [3.05, 3.63) is 46.8 Å². The van der Waals surface area contributed by atoms with Crippen molar-refractivity contribution in [1.82, 2.24) is 24.9 Å². The Hall–Kier alpha value is -2.06. The summed E-state index contributed by atoms with van der Waals surface area (Å²) in [5.41, 5.74) is 0. The van der Waals surface area contributed by atoms with E-state index >= 15 is 0 Å². The van der Waals surface area contributed by atoms with Crippen LogP contribution in [0.15, 0.2) is 33.9 Å². The minimum Gasteiger partial charge on any atom is -0.484 e. The van der Waals surface area contributed by atoms with Crippen LogP contribution in [0.3, 0.4) is 0 Å². The first-order valence-electron chi connectivity index (χ1n) is 9.04. The van der Waals surface area contributed by atoms with Crippen LogP contribution in [0.2, 0.25) is 5.02 Å². The van der Waals surface area contributed by atoms with Crippen LogP contribution >= 0.6 is 23.4 Å². The molecule has 2 aliphatic rings. The molecule has 9 heteroatoms. The van der Waals surface area contributed by atoms with Crippen molar-refractivity contribution in [2.24, 2.45) is 0 Å². The average Bonchev–Trinajstić information content (AvgIpc) is 3.61. The monoisotopic (exact) mass is 403 g/mol. The van der Waals surface area contributed by atoms with Gasteiger partial charge in [-0.25, -0.2) is 0 Å². The van der Waals surface area contributed by atoms with E-state index in [0.717, 1.165) is 42.6 Å². The van der Waals surface area contributed by atoms with Crippen molar-refractivity contribution >= 4 is 23.4 Å². The van der Waals surface area contributed by atoms with Gasteiger partial charge in [-0.15, -0.1) is 10.2 Å². The highest BCUT2D eigenvalue weighted by Crippen LogP contribution is 2.40. The second-order valence-corrected chi connectivity index (χ2v) is 8.18. The first-order valence-corrected chi connectivity index (χ1v) is 10.4. The fourth-order valence-corrected chi connectivity index (χ4v) is 3.92. The number of para-hydroxylation sites is 1. The Morgan fingerprint density at radius 2 is 2.04 bits per heavy atom. The van der Waals surface area contributed by atoms with Gasteiger partial charge in [0.1, 0.15) is 12.4 Å². The van der Waals surface area contributed by atoms with Crippen LogP contribution < -0.4 is 4.74 Å². The lowest BCUT2D eigenvalue weighted by Crippen LogP contribution is -2.07. The molecule has 27 heavy (non-hydrogen) atoms. The van der Waals surface area contributed by atoms with E-state index in [4.69, 9.17) is 20.9 Å². The van der Waals surface area contributed by atoms with E-state index in [1.807, 2.05) is 24.3 Å². The lowest BCUT2D eigenvalue weighted by Gasteiger charge is -2.10. The minimum absolute atomic E-state index is 0.335. The SMILES string of the molecule is Clc1ccccc1OCc1nnc(SCc2noc(C3CC3)n2)n1C1CC1. The summed E-state index contributed by atoms with van der Waals surface area (Å²) in [6.07, 6.45) is 4.58. The molecule has 0 aliphatic heterocycles. The maximum atomic E-state index is 6.16. The molecule has 0 atom stereocenters. The number of ether oxygens (including phenoxy) is 1. The van der Waals surface area contributed by atoms with Crippen LogP contribution in [-0.4, -0.2) is 24.9 Å². The number of hydrogen-bond acceptors (Lipinski definition) is 7. The van der Waals surface area contributed by atoms with Crippen molar-refractivity contribution in [2.75, 3.05) is 0 Å². The molecule has 2 heterocycles. The van der Waals surface area contributed by atoms with Gasteiger partial charge >= 0.3 is 0 Å². The molecule has 0 amide bonds. The summed E-state index contributed by atoms with van der Waals surface area (Å²) >= 11 is 7.74. The van der Waals surface area contributed by atoms with E-state index < -0.39 is 0 Å². The van der Waals surface area contributed by atoms with Crippen LogP contribution in [0, 0.1) is 0 Å². The number of benzene rings is 1.